The van der Waals surface area contributed by atoms with Crippen LogP contribution >= 0.6 is 0 Å². The number of nitriles is 1. The molecule has 0 saturated carbocycles. The third-order valence-electron chi connectivity index (χ3n) is 2.83. The lowest BCUT2D eigenvalue weighted by Gasteiger charge is -2.00. The van der Waals surface area contributed by atoms with Crippen LogP contribution in [-0.2, 0) is 7.05 Å². The van der Waals surface area contributed by atoms with E-state index >= 15 is 0 Å². The molecule has 0 aliphatic carbocycles. The molecule has 18 heavy (non-hydrogen) atoms. The van der Waals surface area contributed by atoms with E-state index in [1.54, 1.807) is 18.5 Å². The van der Waals surface area contributed by atoms with Crippen LogP contribution in [0.3, 0.4) is 0 Å². The molecular formula is C13H9N5. The molecule has 0 N–H and O–H groups in total. The van der Waals surface area contributed by atoms with Crippen LogP contribution in [-0.4, -0.2) is 19.5 Å². The Hall–Kier alpha value is -2.74. The number of hydrogen-bond acceptors (Lipinski definition) is 4. The van der Waals surface area contributed by atoms with Gasteiger partial charge in [0, 0.05) is 19.4 Å². The van der Waals surface area contributed by atoms with Crippen molar-refractivity contribution in [2.24, 2.45) is 7.05 Å². The van der Waals surface area contributed by atoms with Gasteiger partial charge in [0.05, 0.1) is 28.2 Å². The minimum Gasteiger partial charge on any atom is -0.327 e. The highest BCUT2D eigenvalue weighted by molar-refractivity contribution is 5.81. The van der Waals surface area contributed by atoms with Crippen molar-refractivity contribution in [3.63, 3.8) is 0 Å². The highest BCUT2D eigenvalue weighted by Crippen LogP contribution is 2.23. The highest BCUT2D eigenvalue weighted by atomic mass is 15.1. The number of aryl methyl sites for hydroxylation is 1. The Balaban J connectivity index is 2.27. The lowest BCUT2D eigenvalue weighted by atomic mass is 10.2. The second-order valence-corrected chi connectivity index (χ2v) is 3.94. The average Bonchev–Trinajstić information content (AvgIpc) is 2.77. The minimum absolute atomic E-state index is 0.626. The summed E-state index contributed by atoms with van der Waals surface area (Å²) in [5.41, 5.74) is 3.26. The summed E-state index contributed by atoms with van der Waals surface area (Å²) in [6, 6.07) is 7.57. The summed E-state index contributed by atoms with van der Waals surface area (Å²) in [4.78, 5) is 12.5. The van der Waals surface area contributed by atoms with Gasteiger partial charge < -0.3 is 4.57 Å². The van der Waals surface area contributed by atoms with E-state index in [0.717, 1.165) is 22.4 Å². The lowest BCUT2D eigenvalue weighted by molar-refractivity contribution is 0.953. The van der Waals surface area contributed by atoms with Crippen LogP contribution in [0.25, 0.3) is 22.4 Å². The zero-order valence-electron chi connectivity index (χ0n) is 9.70. The molecule has 0 spiro atoms. The van der Waals surface area contributed by atoms with Gasteiger partial charge in [-0.25, -0.2) is 15.0 Å². The second kappa shape index (κ2) is 3.93. The molecule has 1 aromatic carbocycles. The maximum atomic E-state index is 8.91. The molecule has 0 fully saturated rings. The van der Waals surface area contributed by atoms with Crippen molar-refractivity contribution in [2.75, 3.05) is 0 Å². The molecule has 3 rings (SSSR count). The first-order valence-electron chi connectivity index (χ1n) is 5.41. The quantitative estimate of drug-likeness (QED) is 0.646. The summed E-state index contributed by atoms with van der Waals surface area (Å²) in [5.74, 6) is 0.792. The van der Waals surface area contributed by atoms with E-state index < -0.39 is 0 Å². The van der Waals surface area contributed by atoms with Gasteiger partial charge in [-0.2, -0.15) is 5.26 Å². The molecule has 5 nitrogen and oxygen atoms in total. The number of rotatable bonds is 1. The summed E-state index contributed by atoms with van der Waals surface area (Å²) >= 11 is 0. The van der Waals surface area contributed by atoms with E-state index in [0.29, 0.717) is 5.56 Å². The Kier molecular flexibility index (Phi) is 2.27. The predicted molar refractivity (Wildman–Crippen MR) is 66.5 cm³/mol. The topological polar surface area (TPSA) is 67.4 Å². The molecule has 0 aliphatic heterocycles. The maximum absolute atomic E-state index is 8.91. The SMILES string of the molecule is Cn1c(-c2cncnc2)nc2ccc(C#N)cc21. The molecule has 0 aliphatic rings. The zero-order valence-corrected chi connectivity index (χ0v) is 9.70. The lowest BCUT2D eigenvalue weighted by Crippen LogP contribution is -1.93. The summed E-state index contributed by atoms with van der Waals surface area (Å²) < 4.78 is 1.94. The summed E-state index contributed by atoms with van der Waals surface area (Å²) in [7, 11) is 1.92. The van der Waals surface area contributed by atoms with Gasteiger partial charge in [0.2, 0.25) is 0 Å². The van der Waals surface area contributed by atoms with Crippen LogP contribution in [0.4, 0.5) is 0 Å². The molecule has 0 unspecified atom stereocenters. The molecule has 2 heterocycles. The Morgan fingerprint density at radius 3 is 2.72 bits per heavy atom. The van der Waals surface area contributed by atoms with Gasteiger partial charge in [0.15, 0.2) is 0 Å². The molecule has 0 atom stereocenters. The zero-order chi connectivity index (χ0) is 12.5. The first kappa shape index (κ1) is 10.4. The van der Waals surface area contributed by atoms with Crippen molar-refractivity contribution < 1.29 is 0 Å². The van der Waals surface area contributed by atoms with Crippen molar-refractivity contribution in [1.82, 2.24) is 19.5 Å². The number of nitrogens with zero attached hydrogens (tertiary/aromatic N) is 5. The molecule has 0 radical (unpaired) electrons. The fraction of sp³-hybridized carbons (Fsp3) is 0.0769. The Morgan fingerprint density at radius 2 is 2.00 bits per heavy atom. The molecule has 86 valence electrons. The maximum Gasteiger partial charge on any atom is 0.143 e. The average molecular weight is 235 g/mol. The Bertz CT molecular complexity index is 752. The molecule has 3 aromatic rings. The fourth-order valence-corrected chi connectivity index (χ4v) is 1.93. The molecule has 0 bridgehead atoms. The van der Waals surface area contributed by atoms with E-state index in [-0.39, 0.29) is 0 Å². The van der Waals surface area contributed by atoms with Crippen LogP contribution in [0, 0.1) is 11.3 Å². The molecular weight excluding hydrogens is 226 g/mol. The largest absolute Gasteiger partial charge is 0.327 e. The Labute approximate surface area is 103 Å². The minimum atomic E-state index is 0.626. The van der Waals surface area contributed by atoms with Crippen LogP contribution in [0.2, 0.25) is 0 Å². The van der Waals surface area contributed by atoms with Crippen LogP contribution in [0.15, 0.2) is 36.9 Å². The van der Waals surface area contributed by atoms with Crippen LogP contribution in [0.1, 0.15) is 5.56 Å². The number of fused-ring (bicyclic) bond motifs is 1. The van der Waals surface area contributed by atoms with E-state index in [4.69, 9.17) is 5.26 Å². The molecule has 0 saturated heterocycles. The molecule has 2 aromatic heterocycles. The summed E-state index contributed by atoms with van der Waals surface area (Å²) in [6.07, 6.45) is 4.93. The van der Waals surface area contributed by atoms with Crippen molar-refractivity contribution >= 4 is 11.0 Å². The molecule has 5 heteroatoms. The van der Waals surface area contributed by atoms with Gasteiger partial charge in [-0.1, -0.05) is 0 Å². The third-order valence-corrected chi connectivity index (χ3v) is 2.83. The normalized spacial score (nSPS) is 10.4. The highest BCUT2D eigenvalue weighted by Gasteiger charge is 2.10. The van der Waals surface area contributed by atoms with E-state index in [1.165, 1.54) is 6.33 Å². The van der Waals surface area contributed by atoms with E-state index in [9.17, 15) is 0 Å². The Morgan fingerprint density at radius 1 is 1.22 bits per heavy atom. The van der Waals surface area contributed by atoms with Crippen molar-refractivity contribution in [3.05, 3.63) is 42.5 Å². The van der Waals surface area contributed by atoms with Gasteiger partial charge in [-0.15, -0.1) is 0 Å². The van der Waals surface area contributed by atoms with Crippen LogP contribution in [0.5, 0.6) is 0 Å². The smallest absolute Gasteiger partial charge is 0.143 e. The van der Waals surface area contributed by atoms with Gasteiger partial charge in [-0.05, 0) is 18.2 Å². The summed E-state index contributed by atoms with van der Waals surface area (Å²) in [5, 5.41) is 8.91. The number of imidazole rings is 1. The van der Waals surface area contributed by atoms with Gasteiger partial charge >= 0.3 is 0 Å². The van der Waals surface area contributed by atoms with Crippen molar-refractivity contribution in [1.29, 1.82) is 5.26 Å². The van der Waals surface area contributed by atoms with Crippen molar-refractivity contribution in [2.45, 2.75) is 0 Å². The fourth-order valence-electron chi connectivity index (χ4n) is 1.93. The number of benzene rings is 1. The monoisotopic (exact) mass is 235 g/mol. The van der Waals surface area contributed by atoms with E-state index in [1.807, 2.05) is 23.7 Å². The first-order chi connectivity index (χ1) is 8.79. The van der Waals surface area contributed by atoms with Gasteiger partial charge in [0.1, 0.15) is 12.2 Å². The second-order valence-electron chi connectivity index (χ2n) is 3.94. The van der Waals surface area contributed by atoms with Crippen molar-refractivity contribution in [3.8, 4) is 17.5 Å². The van der Waals surface area contributed by atoms with Gasteiger partial charge in [0.25, 0.3) is 0 Å². The van der Waals surface area contributed by atoms with Crippen LogP contribution < -0.4 is 0 Å². The summed E-state index contributed by atoms with van der Waals surface area (Å²) in [6.45, 7) is 0. The predicted octanol–water partition coefficient (Wildman–Crippen LogP) is 1.90. The first-order valence-corrected chi connectivity index (χ1v) is 5.41. The van der Waals surface area contributed by atoms with Gasteiger partial charge in [-0.3, -0.25) is 0 Å². The standard InChI is InChI=1S/C13H9N5/c1-18-12-4-9(5-14)2-3-11(12)17-13(18)10-6-15-8-16-7-10/h2-4,6-8H,1H3. The number of aromatic nitrogens is 4. The van der Waals surface area contributed by atoms with E-state index in [2.05, 4.69) is 21.0 Å². The number of hydrogen-bond donors (Lipinski definition) is 0. The third kappa shape index (κ3) is 1.52. The molecule has 0 amide bonds.